The Bertz CT molecular complexity index is 1190. The fourth-order valence-corrected chi connectivity index (χ4v) is 3.83. The number of hydrogen-bond donors (Lipinski definition) is 1. The molecule has 1 amide bonds. The SMILES string of the molecule is Cc1cc(-c2nn3c(C)nnc3s2)ccc1NC(=O)c1cccc(OC(C)C)c1. The van der Waals surface area contributed by atoms with Crippen molar-refractivity contribution in [1.29, 1.82) is 0 Å². The van der Waals surface area contributed by atoms with Gasteiger partial charge in [-0.15, -0.1) is 10.2 Å². The first-order valence-corrected chi connectivity index (χ1v) is 10.1. The summed E-state index contributed by atoms with van der Waals surface area (Å²) >= 11 is 1.48. The number of ether oxygens (including phenoxy) is 1. The van der Waals surface area contributed by atoms with E-state index in [9.17, 15) is 4.79 Å². The van der Waals surface area contributed by atoms with Crippen molar-refractivity contribution in [2.45, 2.75) is 33.8 Å². The summed E-state index contributed by atoms with van der Waals surface area (Å²) in [4.78, 5) is 13.4. The number of aromatic nitrogens is 4. The molecule has 2 aromatic carbocycles. The monoisotopic (exact) mass is 407 g/mol. The molecule has 0 aliphatic rings. The van der Waals surface area contributed by atoms with Crippen LogP contribution >= 0.6 is 11.3 Å². The second-order valence-electron chi connectivity index (χ2n) is 7.03. The molecule has 0 unspecified atom stereocenters. The van der Waals surface area contributed by atoms with E-state index in [1.54, 1.807) is 16.6 Å². The number of hydrogen-bond acceptors (Lipinski definition) is 6. The van der Waals surface area contributed by atoms with Gasteiger partial charge in [0.25, 0.3) is 5.91 Å². The number of carbonyl (C=O) groups excluding carboxylic acids is 1. The van der Waals surface area contributed by atoms with Gasteiger partial charge in [-0.05, 0) is 69.7 Å². The van der Waals surface area contributed by atoms with E-state index in [4.69, 9.17) is 4.74 Å². The average Bonchev–Trinajstić information content (AvgIpc) is 3.25. The van der Waals surface area contributed by atoms with Gasteiger partial charge in [0.05, 0.1) is 6.10 Å². The van der Waals surface area contributed by atoms with E-state index >= 15 is 0 Å². The molecule has 0 radical (unpaired) electrons. The summed E-state index contributed by atoms with van der Waals surface area (Å²) in [6.45, 7) is 7.74. The standard InChI is InChI=1S/C21H21N5O2S/c1-12(2)28-17-7-5-6-15(11-17)19(27)22-18-9-8-16(10-13(18)3)20-25-26-14(4)23-24-21(26)29-20/h5-12H,1-4H3,(H,22,27). The van der Waals surface area contributed by atoms with Gasteiger partial charge in [-0.3, -0.25) is 4.79 Å². The third-order valence-electron chi connectivity index (χ3n) is 4.34. The van der Waals surface area contributed by atoms with Crippen LogP contribution in [0.15, 0.2) is 42.5 Å². The van der Waals surface area contributed by atoms with Crippen LogP contribution < -0.4 is 10.1 Å². The number of nitrogens with one attached hydrogen (secondary N) is 1. The Kier molecular flexibility index (Phi) is 5.02. The number of anilines is 1. The van der Waals surface area contributed by atoms with Crippen molar-refractivity contribution < 1.29 is 9.53 Å². The Balaban J connectivity index is 1.54. The molecule has 2 heterocycles. The minimum absolute atomic E-state index is 0.0522. The van der Waals surface area contributed by atoms with Gasteiger partial charge in [0.1, 0.15) is 10.8 Å². The van der Waals surface area contributed by atoms with E-state index in [1.165, 1.54) is 11.3 Å². The molecule has 0 spiro atoms. The molecule has 7 nitrogen and oxygen atoms in total. The van der Waals surface area contributed by atoms with E-state index in [-0.39, 0.29) is 12.0 Å². The lowest BCUT2D eigenvalue weighted by molar-refractivity contribution is 0.102. The summed E-state index contributed by atoms with van der Waals surface area (Å²) in [5.74, 6) is 1.26. The quantitative estimate of drug-likeness (QED) is 0.526. The first-order chi connectivity index (χ1) is 13.9. The van der Waals surface area contributed by atoms with Crippen LogP contribution in [0.2, 0.25) is 0 Å². The summed E-state index contributed by atoms with van der Waals surface area (Å²) in [5, 5.41) is 16.5. The number of nitrogens with zero attached hydrogens (tertiary/aromatic N) is 4. The molecule has 0 aliphatic heterocycles. The van der Waals surface area contributed by atoms with Gasteiger partial charge in [0.15, 0.2) is 5.82 Å². The molecule has 0 bridgehead atoms. The molecule has 2 aromatic heterocycles. The van der Waals surface area contributed by atoms with Crippen molar-refractivity contribution in [2.24, 2.45) is 0 Å². The first-order valence-electron chi connectivity index (χ1n) is 9.28. The molecule has 0 saturated carbocycles. The van der Waals surface area contributed by atoms with Gasteiger partial charge in [-0.2, -0.15) is 9.61 Å². The third-order valence-corrected chi connectivity index (χ3v) is 5.28. The van der Waals surface area contributed by atoms with Crippen LogP contribution in [-0.2, 0) is 0 Å². The van der Waals surface area contributed by atoms with Gasteiger partial charge >= 0.3 is 0 Å². The maximum Gasteiger partial charge on any atom is 0.255 e. The highest BCUT2D eigenvalue weighted by atomic mass is 32.1. The fourth-order valence-electron chi connectivity index (χ4n) is 2.95. The topological polar surface area (TPSA) is 81.4 Å². The first kappa shape index (κ1) is 19.1. The van der Waals surface area contributed by atoms with E-state index in [0.717, 1.165) is 32.6 Å². The van der Waals surface area contributed by atoms with Crippen LogP contribution in [0.25, 0.3) is 15.5 Å². The number of benzene rings is 2. The summed E-state index contributed by atoms with van der Waals surface area (Å²) < 4.78 is 7.41. The number of rotatable bonds is 5. The van der Waals surface area contributed by atoms with Crippen molar-refractivity contribution in [3.63, 3.8) is 0 Å². The highest BCUT2D eigenvalue weighted by Crippen LogP contribution is 2.29. The van der Waals surface area contributed by atoms with E-state index in [2.05, 4.69) is 20.6 Å². The Morgan fingerprint density at radius 3 is 2.69 bits per heavy atom. The van der Waals surface area contributed by atoms with Crippen LogP contribution in [0, 0.1) is 13.8 Å². The normalized spacial score (nSPS) is 11.2. The Labute approximate surface area is 172 Å². The maximum atomic E-state index is 12.7. The molecule has 8 heteroatoms. The van der Waals surface area contributed by atoms with Crippen molar-refractivity contribution in [1.82, 2.24) is 19.8 Å². The molecule has 148 valence electrons. The molecule has 29 heavy (non-hydrogen) atoms. The Hall–Kier alpha value is -3.26. The summed E-state index contributed by atoms with van der Waals surface area (Å²) in [7, 11) is 0. The molecule has 0 aliphatic carbocycles. The van der Waals surface area contributed by atoms with Crippen molar-refractivity contribution in [3.8, 4) is 16.3 Å². The molecular formula is C21H21N5O2S. The number of fused-ring (bicyclic) bond motifs is 1. The third kappa shape index (κ3) is 3.97. The van der Waals surface area contributed by atoms with Crippen molar-refractivity contribution in [3.05, 3.63) is 59.4 Å². The molecule has 0 saturated heterocycles. The zero-order valence-corrected chi connectivity index (χ0v) is 17.4. The minimum Gasteiger partial charge on any atom is -0.491 e. The predicted octanol–water partition coefficient (Wildman–Crippen LogP) is 4.51. The van der Waals surface area contributed by atoms with Crippen LogP contribution in [0.3, 0.4) is 0 Å². The highest BCUT2D eigenvalue weighted by molar-refractivity contribution is 7.19. The number of carbonyl (C=O) groups is 1. The predicted molar refractivity (Wildman–Crippen MR) is 114 cm³/mol. The van der Waals surface area contributed by atoms with Gasteiger partial charge in [0.2, 0.25) is 4.96 Å². The smallest absolute Gasteiger partial charge is 0.255 e. The van der Waals surface area contributed by atoms with Crippen molar-refractivity contribution >= 4 is 27.9 Å². The van der Waals surface area contributed by atoms with E-state index in [0.29, 0.717) is 11.3 Å². The van der Waals surface area contributed by atoms with Gasteiger partial charge in [0, 0.05) is 16.8 Å². The summed E-state index contributed by atoms with van der Waals surface area (Å²) in [6.07, 6.45) is 0.0522. The zero-order chi connectivity index (χ0) is 20.5. The molecule has 1 N–H and O–H groups in total. The molecule has 0 atom stereocenters. The zero-order valence-electron chi connectivity index (χ0n) is 16.6. The Morgan fingerprint density at radius 1 is 1.14 bits per heavy atom. The van der Waals surface area contributed by atoms with Crippen LogP contribution in [0.4, 0.5) is 5.69 Å². The lowest BCUT2D eigenvalue weighted by Crippen LogP contribution is -2.13. The van der Waals surface area contributed by atoms with E-state index in [1.807, 2.05) is 58.0 Å². The van der Waals surface area contributed by atoms with Gasteiger partial charge in [-0.1, -0.05) is 17.4 Å². The lowest BCUT2D eigenvalue weighted by Gasteiger charge is -2.12. The van der Waals surface area contributed by atoms with E-state index < -0.39 is 0 Å². The molecular weight excluding hydrogens is 386 g/mol. The highest BCUT2D eigenvalue weighted by Gasteiger charge is 2.13. The molecule has 0 fully saturated rings. The molecule has 4 rings (SSSR count). The average molecular weight is 407 g/mol. The summed E-state index contributed by atoms with van der Waals surface area (Å²) in [6, 6.07) is 13.0. The number of aryl methyl sites for hydroxylation is 2. The van der Waals surface area contributed by atoms with Crippen molar-refractivity contribution in [2.75, 3.05) is 5.32 Å². The van der Waals surface area contributed by atoms with Crippen LogP contribution in [0.1, 0.15) is 35.6 Å². The summed E-state index contributed by atoms with van der Waals surface area (Å²) in [5.41, 5.74) is 3.24. The maximum absolute atomic E-state index is 12.7. The molecule has 4 aromatic rings. The van der Waals surface area contributed by atoms with Crippen LogP contribution in [0.5, 0.6) is 5.75 Å². The number of amides is 1. The Morgan fingerprint density at radius 2 is 1.97 bits per heavy atom. The fraction of sp³-hybridized carbons (Fsp3) is 0.238. The minimum atomic E-state index is -0.176. The largest absolute Gasteiger partial charge is 0.491 e. The van der Waals surface area contributed by atoms with Gasteiger partial charge < -0.3 is 10.1 Å². The van der Waals surface area contributed by atoms with Gasteiger partial charge in [-0.25, -0.2) is 0 Å². The second-order valence-corrected chi connectivity index (χ2v) is 7.98. The lowest BCUT2D eigenvalue weighted by atomic mass is 10.1. The second kappa shape index (κ2) is 7.63. The van der Waals surface area contributed by atoms with Crippen LogP contribution in [-0.4, -0.2) is 31.8 Å².